The fraction of sp³-hybridized carbons (Fsp3) is 0.500. The van der Waals surface area contributed by atoms with Crippen LogP contribution in [-0.4, -0.2) is 51.1 Å². The molecule has 0 aliphatic heterocycles. The van der Waals surface area contributed by atoms with E-state index < -0.39 is 5.82 Å². The number of guanidine groups is 1. The molecular weight excluding hydrogens is 299 g/mol. The molecule has 1 amide bonds. The lowest BCUT2D eigenvalue weighted by Crippen LogP contribution is -2.39. The highest BCUT2D eigenvalue weighted by molar-refractivity contribution is 5.85. The Hall–Kier alpha value is -2.31. The number of likely N-dealkylation sites (N-methyl/N-ethyl adjacent to an activating group) is 1. The molecule has 128 valence electrons. The lowest BCUT2D eigenvalue weighted by atomic mass is 10.1. The lowest BCUT2D eigenvalue weighted by molar-refractivity contribution is -0.127. The number of rotatable bonds is 6. The molecule has 0 bridgehead atoms. The van der Waals surface area contributed by atoms with E-state index in [1.54, 1.807) is 26.2 Å². The Bertz CT molecular complexity index is 561. The van der Waals surface area contributed by atoms with Gasteiger partial charge in [0.1, 0.15) is 6.54 Å². The summed E-state index contributed by atoms with van der Waals surface area (Å²) in [6.45, 7) is 4.53. The first-order valence-electron chi connectivity index (χ1n) is 7.47. The van der Waals surface area contributed by atoms with Gasteiger partial charge in [0.05, 0.1) is 13.2 Å². The molecule has 23 heavy (non-hydrogen) atoms. The van der Waals surface area contributed by atoms with Gasteiger partial charge in [0.15, 0.2) is 17.5 Å². The maximum Gasteiger partial charge on any atom is 0.243 e. The standard InChI is InChI=1S/C16H25FN4O2/c1-6-18-16(19-10-15(22)21(3)4)20-11(2)12-7-8-14(23-5)13(17)9-12/h7-9,11H,6,10H2,1-5H3,(H2,18,19,20). The number of carbonyl (C=O) groups is 1. The highest BCUT2D eigenvalue weighted by atomic mass is 19.1. The fourth-order valence-corrected chi connectivity index (χ4v) is 1.85. The smallest absolute Gasteiger partial charge is 0.243 e. The molecule has 0 aliphatic carbocycles. The van der Waals surface area contributed by atoms with Crippen LogP contribution in [0.4, 0.5) is 4.39 Å². The summed E-state index contributed by atoms with van der Waals surface area (Å²) in [7, 11) is 4.79. The molecule has 1 unspecified atom stereocenters. The molecule has 1 rings (SSSR count). The largest absolute Gasteiger partial charge is 0.494 e. The van der Waals surface area contributed by atoms with Gasteiger partial charge in [-0.05, 0) is 31.5 Å². The summed E-state index contributed by atoms with van der Waals surface area (Å²) < 4.78 is 18.7. The summed E-state index contributed by atoms with van der Waals surface area (Å²) >= 11 is 0. The second-order valence-corrected chi connectivity index (χ2v) is 5.24. The highest BCUT2D eigenvalue weighted by Gasteiger charge is 2.12. The summed E-state index contributed by atoms with van der Waals surface area (Å²) in [5, 5.41) is 6.22. The van der Waals surface area contributed by atoms with E-state index in [1.165, 1.54) is 18.1 Å². The van der Waals surface area contributed by atoms with Crippen LogP contribution in [0.2, 0.25) is 0 Å². The fourth-order valence-electron chi connectivity index (χ4n) is 1.85. The molecule has 1 aromatic rings. The van der Waals surface area contributed by atoms with Crippen LogP contribution in [0.1, 0.15) is 25.5 Å². The Morgan fingerprint density at radius 1 is 1.43 bits per heavy atom. The summed E-state index contributed by atoms with van der Waals surface area (Å²) in [4.78, 5) is 17.3. The third kappa shape index (κ3) is 5.77. The third-order valence-electron chi connectivity index (χ3n) is 3.24. The van der Waals surface area contributed by atoms with Crippen molar-refractivity contribution in [3.8, 4) is 5.75 Å². The molecule has 0 aromatic heterocycles. The molecule has 0 aliphatic rings. The quantitative estimate of drug-likeness (QED) is 0.615. The van der Waals surface area contributed by atoms with Crippen molar-refractivity contribution in [3.05, 3.63) is 29.6 Å². The molecule has 2 N–H and O–H groups in total. The summed E-state index contributed by atoms with van der Waals surface area (Å²) in [6, 6.07) is 4.62. The van der Waals surface area contributed by atoms with Crippen molar-refractivity contribution < 1.29 is 13.9 Å². The van der Waals surface area contributed by atoms with E-state index in [1.807, 2.05) is 13.8 Å². The monoisotopic (exact) mass is 324 g/mol. The topological polar surface area (TPSA) is 66.0 Å². The lowest BCUT2D eigenvalue weighted by Gasteiger charge is -2.19. The molecule has 0 heterocycles. The van der Waals surface area contributed by atoms with Gasteiger partial charge in [-0.1, -0.05) is 6.07 Å². The van der Waals surface area contributed by atoms with Crippen molar-refractivity contribution >= 4 is 11.9 Å². The van der Waals surface area contributed by atoms with Gasteiger partial charge < -0.3 is 20.3 Å². The van der Waals surface area contributed by atoms with Crippen LogP contribution in [0.15, 0.2) is 23.2 Å². The van der Waals surface area contributed by atoms with Crippen molar-refractivity contribution in [3.63, 3.8) is 0 Å². The zero-order valence-electron chi connectivity index (χ0n) is 14.3. The van der Waals surface area contributed by atoms with Gasteiger partial charge in [-0.3, -0.25) is 4.79 Å². The van der Waals surface area contributed by atoms with Gasteiger partial charge in [-0.15, -0.1) is 0 Å². The maximum absolute atomic E-state index is 13.8. The Labute approximate surface area is 136 Å². The number of ether oxygens (including phenoxy) is 1. The van der Waals surface area contributed by atoms with Crippen LogP contribution in [0.25, 0.3) is 0 Å². The zero-order valence-corrected chi connectivity index (χ0v) is 14.3. The van der Waals surface area contributed by atoms with Crippen LogP contribution in [0.3, 0.4) is 0 Å². The Morgan fingerprint density at radius 3 is 2.65 bits per heavy atom. The van der Waals surface area contributed by atoms with Crippen molar-refractivity contribution in [2.24, 2.45) is 4.99 Å². The maximum atomic E-state index is 13.8. The van der Waals surface area contributed by atoms with Crippen LogP contribution < -0.4 is 15.4 Å². The van der Waals surface area contributed by atoms with Gasteiger partial charge in [-0.25, -0.2) is 9.38 Å². The van der Waals surface area contributed by atoms with Crippen LogP contribution >= 0.6 is 0 Å². The van der Waals surface area contributed by atoms with E-state index in [-0.39, 0.29) is 24.2 Å². The van der Waals surface area contributed by atoms with Gasteiger partial charge in [0.25, 0.3) is 0 Å². The number of halogens is 1. The number of hydrogen-bond donors (Lipinski definition) is 2. The number of hydrogen-bond acceptors (Lipinski definition) is 3. The Kier molecular flexibility index (Phi) is 7.31. The number of benzene rings is 1. The molecule has 0 radical (unpaired) electrons. The number of methoxy groups -OCH3 is 1. The second kappa shape index (κ2) is 8.97. The van der Waals surface area contributed by atoms with Crippen LogP contribution in [0, 0.1) is 5.82 Å². The molecule has 0 spiro atoms. The average Bonchev–Trinajstić information content (AvgIpc) is 2.52. The average molecular weight is 324 g/mol. The minimum Gasteiger partial charge on any atom is -0.494 e. The highest BCUT2D eigenvalue weighted by Crippen LogP contribution is 2.21. The molecule has 0 saturated heterocycles. The predicted octanol–water partition coefficient (Wildman–Crippen LogP) is 1.54. The van der Waals surface area contributed by atoms with Gasteiger partial charge in [0, 0.05) is 20.6 Å². The van der Waals surface area contributed by atoms with E-state index in [9.17, 15) is 9.18 Å². The normalized spacial score (nSPS) is 12.5. The summed E-state index contributed by atoms with van der Waals surface area (Å²) in [6.07, 6.45) is 0. The van der Waals surface area contributed by atoms with Crippen molar-refractivity contribution in [1.29, 1.82) is 0 Å². The number of nitrogens with zero attached hydrogens (tertiary/aromatic N) is 2. The van der Waals surface area contributed by atoms with Crippen molar-refractivity contribution in [1.82, 2.24) is 15.5 Å². The third-order valence-corrected chi connectivity index (χ3v) is 3.24. The Morgan fingerprint density at radius 2 is 2.13 bits per heavy atom. The number of aliphatic imine (C=N–C) groups is 1. The molecular formula is C16H25FN4O2. The van der Waals surface area contributed by atoms with E-state index in [2.05, 4.69) is 15.6 Å². The second-order valence-electron chi connectivity index (χ2n) is 5.24. The minimum absolute atomic E-state index is 0.0476. The molecule has 0 saturated carbocycles. The first-order valence-corrected chi connectivity index (χ1v) is 7.47. The first-order chi connectivity index (χ1) is 10.9. The molecule has 7 heteroatoms. The van der Waals surface area contributed by atoms with E-state index in [4.69, 9.17) is 4.74 Å². The summed E-state index contributed by atoms with van der Waals surface area (Å²) in [5.74, 6) is 0.207. The Balaban J connectivity index is 2.80. The minimum atomic E-state index is -0.414. The van der Waals surface area contributed by atoms with Gasteiger partial charge in [-0.2, -0.15) is 0 Å². The van der Waals surface area contributed by atoms with E-state index >= 15 is 0 Å². The summed E-state index contributed by atoms with van der Waals surface area (Å²) in [5.41, 5.74) is 0.757. The zero-order chi connectivity index (χ0) is 17.4. The first kappa shape index (κ1) is 18.7. The van der Waals surface area contributed by atoms with Crippen molar-refractivity contribution in [2.75, 3.05) is 34.3 Å². The van der Waals surface area contributed by atoms with Gasteiger partial charge in [0.2, 0.25) is 5.91 Å². The number of amides is 1. The number of nitrogens with one attached hydrogen (secondary N) is 2. The molecule has 1 aromatic carbocycles. The van der Waals surface area contributed by atoms with E-state index in [0.717, 1.165) is 5.56 Å². The molecule has 0 fully saturated rings. The van der Waals surface area contributed by atoms with Crippen LogP contribution in [-0.2, 0) is 4.79 Å². The van der Waals surface area contributed by atoms with Crippen molar-refractivity contribution in [2.45, 2.75) is 19.9 Å². The molecule has 1 atom stereocenters. The van der Waals surface area contributed by atoms with E-state index in [0.29, 0.717) is 12.5 Å². The number of carbonyl (C=O) groups excluding carboxylic acids is 1. The van der Waals surface area contributed by atoms with Crippen LogP contribution in [0.5, 0.6) is 5.75 Å². The predicted molar refractivity (Wildman–Crippen MR) is 89.2 cm³/mol. The SMILES string of the molecule is CCNC(=NCC(=O)N(C)C)NC(C)c1ccc(OC)c(F)c1. The van der Waals surface area contributed by atoms with Gasteiger partial charge >= 0.3 is 0 Å². The molecule has 6 nitrogen and oxygen atoms in total.